The van der Waals surface area contributed by atoms with Gasteiger partial charge in [-0.05, 0) is 13.3 Å². The molecule has 6 nitrogen and oxygen atoms in total. The number of hydrogen-bond donors (Lipinski definition) is 1. The molecule has 0 spiro atoms. The topological polar surface area (TPSA) is 65.5 Å². The Morgan fingerprint density at radius 3 is 2.89 bits per heavy atom. The zero-order chi connectivity index (χ0) is 13.1. The van der Waals surface area contributed by atoms with Crippen molar-refractivity contribution < 1.29 is 14.2 Å². The zero-order valence-electron chi connectivity index (χ0n) is 11.0. The minimum absolute atomic E-state index is 0.589. The van der Waals surface area contributed by atoms with E-state index >= 15 is 0 Å². The molecule has 18 heavy (non-hydrogen) atoms. The van der Waals surface area contributed by atoms with Gasteiger partial charge in [-0.2, -0.15) is 0 Å². The van der Waals surface area contributed by atoms with Crippen molar-refractivity contribution in [2.24, 2.45) is 0 Å². The largest absolute Gasteiger partial charge is 0.478 e. The second kappa shape index (κ2) is 9.61. The van der Waals surface area contributed by atoms with Crippen molar-refractivity contribution in [1.82, 2.24) is 9.97 Å². The van der Waals surface area contributed by atoms with Gasteiger partial charge in [-0.25, -0.2) is 9.97 Å². The first kappa shape index (κ1) is 14.7. The maximum Gasteiger partial charge on any atom is 0.218 e. The molecule has 0 atom stereocenters. The van der Waals surface area contributed by atoms with Gasteiger partial charge in [-0.1, -0.05) is 0 Å². The lowest BCUT2D eigenvalue weighted by Crippen LogP contribution is -2.09. The highest BCUT2D eigenvalue weighted by Crippen LogP contribution is 2.10. The molecule has 0 aromatic carbocycles. The van der Waals surface area contributed by atoms with Crippen LogP contribution in [0.4, 0.5) is 5.82 Å². The maximum absolute atomic E-state index is 5.35. The molecule has 0 aliphatic carbocycles. The Bertz CT molecular complexity index is 323. The van der Waals surface area contributed by atoms with Crippen molar-refractivity contribution in [3.05, 3.63) is 12.4 Å². The number of nitrogens with one attached hydrogen (secondary N) is 1. The summed E-state index contributed by atoms with van der Waals surface area (Å²) in [6, 6.07) is 1.79. The summed E-state index contributed by atoms with van der Waals surface area (Å²) in [5.41, 5.74) is 0. The summed E-state index contributed by atoms with van der Waals surface area (Å²) >= 11 is 0. The first-order valence-corrected chi connectivity index (χ1v) is 6.12. The van der Waals surface area contributed by atoms with Gasteiger partial charge in [0.2, 0.25) is 5.88 Å². The number of aromatic nitrogens is 2. The van der Waals surface area contributed by atoms with Gasteiger partial charge in [0, 0.05) is 26.3 Å². The second-order valence-electron chi connectivity index (χ2n) is 3.56. The van der Waals surface area contributed by atoms with Crippen LogP contribution in [0.3, 0.4) is 0 Å². The van der Waals surface area contributed by atoms with Gasteiger partial charge >= 0.3 is 0 Å². The number of nitrogens with zero attached hydrogens (tertiary/aromatic N) is 2. The van der Waals surface area contributed by atoms with Crippen molar-refractivity contribution >= 4 is 5.82 Å². The van der Waals surface area contributed by atoms with Crippen LogP contribution in [0.5, 0.6) is 5.88 Å². The van der Waals surface area contributed by atoms with E-state index in [0.717, 1.165) is 18.8 Å². The maximum atomic E-state index is 5.35. The van der Waals surface area contributed by atoms with Gasteiger partial charge in [-0.3, -0.25) is 0 Å². The molecule has 0 saturated carbocycles. The van der Waals surface area contributed by atoms with Gasteiger partial charge in [0.05, 0.1) is 19.8 Å². The second-order valence-corrected chi connectivity index (χ2v) is 3.56. The SMILES string of the molecule is CCOc1cc(NCCCOCCOC)ncn1. The first-order valence-electron chi connectivity index (χ1n) is 6.12. The molecular weight excluding hydrogens is 234 g/mol. The van der Waals surface area contributed by atoms with E-state index < -0.39 is 0 Å². The normalized spacial score (nSPS) is 10.3. The highest BCUT2D eigenvalue weighted by molar-refractivity contribution is 5.36. The van der Waals surface area contributed by atoms with Gasteiger partial charge in [-0.15, -0.1) is 0 Å². The van der Waals surface area contributed by atoms with E-state index in [1.807, 2.05) is 6.92 Å². The third-order valence-electron chi connectivity index (χ3n) is 2.14. The molecular formula is C12H21N3O3. The van der Waals surface area contributed by atoms with Crippen LogP contribution in [-0.2, 0) is 9.47 Å². The standard InChI is InChI=1S/C12H21N3O3/c1-3-18-12-9-11(14-10-15-12)13-5-4-6-17-8-7-16-2/h9-10H,3-8H2,1-2H3,(H,13,14,15). The molecule has 0 amide bonds. The van der Waals surface area contributed by atoms with Crippen LogP contribution in [0.2, 0.25) is 0 Å². The van der Waals surface area contributed by atoms with Crippen molar-refractivity contribution in [2.75, 3.05) is 45.4 Å². The van der Waals surface area contributed by atoms with Gasteiger partial charge in [0.25, 0.3) is 0 Å². The fraction of sp³-hybridized carbons (Fsp3) is 0.667. The lowest BCUT2D eigenvalue weighted by atomic mass is 10.4. The Morgan fingerprint density at radius 2 is 2.11 bits per heavy atom. The van der Waals surface area contributed by atoms with Crippen molar-refractivity contribution in [3.8, 4) is 5.88 Å². The Labute approximate surface area is 108 Å². The van der Waals surface area contributed by atoms with Gasteiger partial charge in [0.15, 0.2) is 0 Å². The molecule has 1 N–H and O–H groups in total. The fourth-order valence-electron chi connectivity index (χ4n) is 1.30. The molecule has 0 saturated heterocycles. The molecule has 6 heteroatoms. The van der Waals surface area contributed by atoms with E-state index in [0.29, 0.717) is 32.3 Å². The van der Waals surface area contributed by atoms with Gasteiger partial charge in [0.1, 0.15) is 12.1 Å². The number of rotatable bonds is 10. The monoisotopic (exact) mass is 255 g/mol. The molecule has 0 bridgehead atoms. The van der Waals surface area contributed by atoms with E-state index in [4.69, 9.17) is 14.2 Å². The van der Waals surface area contributed by atoms with E-state index in [2.05, 4.69) is 15.3 Å². The smallest absolute Gasteiger partial charge is 0.218 e. The Hall–Kier alpha value is -1.40. The summed E-state index contributed by atoms with van der Waals surface area (Å²) in [6.45, 7) is 5.31. The van der Waals surface area contributed by atoms with Crippen molar-refractivity contribution in [3.63, 3.8) is 0 Å². The molecule has 0 aliphatic heterocycles. The molecule has 1 aromatic rings. The minimum Gasteiger partial charge on any atom is -0.478 e. The van der Waals surface area contributed by atoms with Crippen LogP contribution < -0.4 is 10.1 Å². The molecule has 102 valence electrons. The third kappa shape index (κ3) is 6.36. The lowest BCUT2D eigenvalue weighted by Gasteiger charge is -2.07. The minimum atomic E-state index is 0.589. The molecule has 1 aromatic heterocycles. The van der Waals surface area contributed by atoms with Crippen molar-refractivity contribution in [2.45, 2.75) is 13.3 Å². The van der Waals surface area contributed by atoms with E-state index in [-0.39, 0.29) is 0 Å². The van der Waals surface area contributed by atoms with Crippen LogP contribution in [0.15, 0.2) is 12.4 Å². The summed E-state index contributed by atoms with van der Waals surface area (Å²) < 4.78 is 15.5. The highest BCUT2D eigenvalue weighted by Gasteiger charge is 1.98. The summed E-state index contributed by atoms with van der Waals surface area (Å²) in [6.07, 6.45) is 2.40. The number of anilines is 1. The molecule has 1 heterocycles. The number of methoxy groups -OCH3 is 1. The number of hydrogen-bond acceptors (Lipinski definition) is 6. The van der Waals surface area contributed by atoms with Gasteiger partial charge < -0.3 is 19.5 Å². The molecule has 0 radical (unpaired) electrons. The Balaban J connectivity index is 2.13. The summed E-state index contributed by atoms with van der Waals surface area (Å²) in [4.78, 5) is 8.10. The van der Waals surface area contributed by atoms with E-state index in [1.54, 1.807) is 13.2 Å². The van der Waals surface area contributed by atoms with Crippen LogP contribution in [-0.4, -0.2) is 50.1 Å². The van der Waals surface area contributed by atoms with Crippen LogP contribution >= 0.6 is 0 Å². The summed E-state index contributed by atoms with van der Waals surface area (Å²) in [5, 5.41) is 3.19. The fourth-order valence-corrected chi connectivity index (χ4v) is 1.30. The Kier molecular flexibility index (Phi) is 7.83. The predicted molar refractivity (Wildman–Crippen MR) is 69.0 cm³/mol. The summed E-state index contributed by atoms with van der Waals surface area (Å²) in [5.74, 6) is 1.36. The molecule has 0 fully saturated rings. The van der Waals surface area contributed by atoms with E-state index in [9.17, 15) is 0 Å². The van der Waals surface area contributed by atoms with Crippen LogP contribution in [0.25, 0.3) is 0 Å². The highest BCUT2D eigenvalue weighted by atomic mass is 16.5. The average molecular weight is 255 g/mol. The summed E-state index contributed by atoms with van der Waals surface area (Å²) in [7, 11) is 1.66. The predicted octanol–water partition coefficient (Wildman–Crippen LogP) is 1.34. The lowest BCUT2D eigenvalue weighted by molar-refractivity contribution is 0.0705. The zero-order valence-corrected chi connectivity index (χ0v) is 11.0. The molecule has 0 unspecified atom stereocenters. The average Bonchev–Trinajstić information content (AvgIpc) is 2.39. The molecule has 1 rings (SSSR count). The number of ether oxygens (including phenoxy) is 3. The Morgan fingerprint density at radius 1 is 1.22 bits per heavy atom. The quantitative estimate of drug-likeness (QED) is 0.636. The molecule has 0 aliphatic rings. The van der Waals surface area contributed by atoms with Crippen LogP contribution in [0.1, 0.15) is 13.3 Å². The first-order chi connectivity index (χ1) is 8.86. The van der Waals surface area contributed by atoms with Crippen LogP contribution in [0, 0.1) is 0 Å². The van der Waals surface area contributed by atoms with E-state index in [1.165, 1.54) is 6.33 Å². The third-order valence-corrected chi connectivity index (χ3v) is 2.14. The van der Waals surface area contributed by atoms with Crippen molar-refractivity contribution in [1.29, 1.82) is 0 Å².